The Kier molecular flexibility index (Phi) is 7.42. The summed E-state index contributed by atoms with van der Waals surface area (Å²) in [4.78, 5) is 36.5. The van der Waals surface area contributed by atoms with Gasteiger partial charge in [0.25, 0.3) is 17.7 Å². The molecule has 3 rings (SSSR count). The van der Waals surface area contributed by atoms with Gasteiger partial charge in [0.05, 0.1) is 7.11 Å². The Morgan fingerprint density at radius 2 is 1.44 bits per heavy atom. The maximum atomic E-state index is 12.4. The van der Waals surface area contributed by atoms with Gasteiger partial charge in [-0.05, 0) is 67.1 Å². The molecule has 0 aliphatic heterocycles. The molecule has 3 N–H and O–H groups in total. The number of carbonyl (C=O) groups excluding carboxylic acids is 3. The number of hydrogen-bond acceptors (Lipinski definition) is 5. The standard InChI is InChI=1S/C24H23N3O5/c1-16-5-3-4-6-21(16)24(30)25-18-9-7-17(8-10-18)23(29)27-26-22(28)15-32-20-13-11-19(31-2)12-14-20/h3-14H,15H2,1-2H3,(H,25,30)(H,26,28)(H,27,29). The maximum Gasteiger partial charge on any atom is 0.276 e. The molecule has 0 fully saturated rings. The molecule has 0 aliphatic rings. The Morgan fingerprint density at radius 1 is 0.781 bits per heavy atom. The monoisotopic (exact) mass is 433 g/mol. The molecule has 164 valence electrons. The Hall–Kier alpha value is -4.33. The molecule has 3 amide bonds. The first-order valence-corrected chi connectivity index (χ1v) is 9.79. The van der Waals surface area contributed by atoms with Crippen LogP contribution in [-0.2, 0) is 4.79 Å². The van der Waals surface area contributed by atoms with E-state index in [4.69, 9.17) is 9.47 Å². The summed E-state index contributed by atoms with van der Waals surface area (Å²) in [6.07, 6.45) is 0. The van der Waals surface area contributed by atoms with Gasteiger partial charge in [0.15, 0.2) is 6.61 Å². The number of anilines is 1. The second-order valence-corrected chi connectivity index (χ2v) is 6.81. The number of benzene rings is 3. The average molecular weight is 433 g/mol. The molecular weight excluding hydrogens is 410 g/mol. The van der Waals surface area contributed by atoms with Crippen LogP contribution in [-0.4, -0.2) is 31.4 Å². The van der Waals surface area contributed by atoms with Crippen molar-refractivity contribution in [3.05, 3.63) is 89.5 Å². The molecule has 0 aliphatic carbocycles. The van der Waals surface area contributed by atoms with E-state index in [1.54, 1.807) is 67.8 Å². The van der Waals surface area contributed by atoms with Gasteiger partial charge in [-0.2, -0.15) is 0 Å². The highest BCUT2D eigenvalue weighted by Gasteiger charge is 2.11. The molecule has 0 aromatic heterocycles. The van der Waals surface area contributed by atoms with Crippen molar-refractivity contribution in [3.8, 4) is 11.5 Å². The molecule has 0 radical (unpaired) electrons. The number of hydrogen-bond donors (Lipinski definition) is 3. The smallest absolute Gasteiger partial charge is 0.276 e. The number of hydrazine groups is 1. The van der Waals surface area contributed by atoms with Gasteiger partial charge in [-0.15, -0.1) is 0 Å². The fraction of sp³-hybridized carbons (Fsp3) is 0.125. The predicted molar refractivity (Wildman–Crippen MR) is 120 cm³/mol. The van der Waals surface area contributed by atoms with Gasteiger partial charge in [-0.25, -0.2) is 0 Å². The molecule has 0 heterocycles. The molecule has 0 bridgehead atoms. The largest absolute Gasteiger partial charge is 0.497 e. The van der Waals surface area contributed by atoms with Gasteiger partial charge in [-0.1, -0.05) is 18.2 Å². The Bertz CT molecular complexity index is 1100. The summed E-state index contributed by atoms with van der Waals surface area (Å²) < 4.78 is 10.4. The third kappa shape index (κ3) is 6.09. The Morgan fingerprint density at radius 3 is 2.09 bits per heavy atom. The van der Waals surface area contributed by atoms with Crippen LogP contribution in [0.25, 0.3) is 0 Å². The number of methoxy groups -OCH3 is 1. The van der Waals surface area contributed by atoms with Gasteiger partial charge in [0.1, 0.15) is 11.5 Å². The molecule has 8 nitrogen and oxygen atoms in total. The fourth-order valence-corrected chi connectivity index (χ4v) is 2.79. The number of aryl methyl sites for hydroxylation is 1. The van der Waals surface area contributed by atoms with E-state index in [0.717, 1.165) is 5.56 Å². The quantitative estimate of drug-likeness (QED) is 0.497. The summed E-state index contributed by atoms with van der Waals surface area (Å²) in [6, 6.07) is 20.3. The van der Waals surface area contributed by atoms with Crippen molar-refractivity contribution < 1.29 is 23.9 Å². The summed E-state index contributed by atoms with van der Waals surface area (Å²) in [5.74, 6) is -0.0780. The highest BCUT2D eigenvalue weighted by Crippen LogP contribution is 2.17. The number of ether oxygens (including phenoxy) is 2. The summed E-state index contributed by atoms with van der Waals surface area (Å²) in [6.45, 7) is 1.59. The minimum Gasteiger partial charge on any atom is -0.497 e. The zero-order valence-electron chi connectivity index (χ0n) is 17.7. The lowest BCUT2D eigenvalue weighted by atomic mass is 10.1. The Labute approximate surface area is 185 Å². The van der Waals surface area contributed by atoms with Crippen LogP contribution in [0.2, 0.25) is 0 Å². The third-order valence-electron chi connectivity index (χ3n) is 4.54. The number of nitrogens with one attached hydrogen (secondary N) is 3. The van der Waals surface area contributed by atoms with Gasteiger partial charge >= 0.3 is 0 Å². The number of amides is 3. The first kappa shape index (κ1) is 22.4. The molecule has 3 aromatic carbocycles. The average Bonchev–Trinajstić information content (AvgIpc) is 2.82. The number of rotatable bonds is 7. The summed E-state index contributed by atoms with van der Waals surface area (Å²) in [5, 5.41) is 2.79. The van der Waals surface area contributed by atoms with Crippen LogP contribution < -0.4 is 25.6 Å². The second-order valence-electron chi connectivity index (χ2n) is 6.81. The van der Waals surface area contributed by atoms with Crippen LogP contribution in [0, 0.1) is 6.92 Å². The van der Waals surface area contributed by atoms with E-state index in [2.05, 4.69) is 16.2 Å². The number of carbonyl (C=O) groups is 3. The van der Waals surface area contributed by atoms with Crippen molar-refractivity contribution in [1.82, 2.24) is 10.9 Å². The first-order valence-electron chi connectivity index (χ1n) is 9.79. The van der Waals surface area contributed by atoms with Crippen LogP contribution >= 0.6 is 0 Å². The summed E-state index contributed by atoms with van der Waals surface area (Å²) in [5.41, 5.74) is 6.92. The second kappa shape index (κ2) is 10.6. The van der Waals surface area contributed by atoms with Gasteiger partial charge < -0.3 is 14.8 Å². The highest BCUT2D eigenvalue weighted by molar-refractivity contribution is 6.05. The van der Waals surface area contributed by atoms with Crippen LogP contribution in [0.15, 0.2) is 72.8 Å². The van der Waals surface area contributed by atoms with Gasteiger partial charge in [0.2, 0.25) is 0 Å². The van der Waals surface area contributed by atoms with Crippen molar-refractivity contribution in [2.24, 2.45) is 0 Å². The summed E-state index contributed by atoms with van der Waals surface area (Å²) in [7, 11) is 1.56. The molecule has 32 heavy (non-hydrogen) atoms. The lowest BCUT2D eigenvalue weighted by Crippen LogP contribution is -2.43. The molecule has 3 aromatic rings. The minimum atomic E-state index is -0.517. The SMILES string of the molecule is COc1ccc(OCC(=O)NNC(=O)c2ccc(NC(=O)c3ccccc3C)cc2)cc1. The van der Waals surface area contributed by atoms with E-state index in [1.807, 2.05) is 19.1 Å². The van der Waals surface area contributed by atoms with Crippen molar-refractivity contribution in [3.63, 3.8) is 0 Å². The van der Waals surface area contributed by atoms with Crippen molar-refractivity contribution in [2.45, 2.75) is 6.92 Å². The van der Waals surface area contributed by atoms with Crippen molar-refractivity contribution in [1.29, 1.82) is 0 Å². The topological polar surface area (TPSA) is 106 Å². The first-order chi connectivity index (χ1) is 15.5. The van der Waals surface area contributed by atoms with E-state index in [0.29, 0.717) is 28.3 Å². The summed E-state index contributed by atoms with van der Waals surface area (Å²) >= 11 is 0. The lowest BCUT2D eigenvalue weighted by Gasteiger charge is -2.10. The molecular formula is C24H23N3O5. The van der Waals surface area contributed by atoms with E-state index in [-0.39, 0.29) is 12.5 Å². The molecule has 0 saturated heterocycles. The Balaban J connectivity index is 1.46. The normalized spacial score (nSPS) is 10.1. The van der Waals surface area contributed by atoms with Crippen molar-refractivity contribution >= 4 is 23.4 Å². The van der Waals surface area contributed by atoms with Crippen LogP contribution in [0.1, 0.15) is 26.3 Å². The van der Waals surface area contributed by atoms with E-state index >= 15 is 0 Å². The minimum absolute atomic E-state index is 0.232. The molecule has 0 atom stereocenters. The molecule has 0 unspecified atom stereocenters. The molecule has 0 spiro atoms. The fourth-order valence-electron chi connectivity index (χ4n) is 2.79. The highest BCUT2D eigenvalue weighted by atomic mass is 16.5. The van der Waals surface area contributed by atoms with E-state index in [1.165, 1.54) is 0 Å². The predicted octanol–water partition coefficient (Wildman–Crippen LogP) is 3.10. The zero-order chi connectivity index (χ0) is 22.9. The van der Waals surface area contributed by atoms with Crippen LogP contribution in [0.4, 0.5) is 5.69 Å². The molecule has 8 heteroatoms. The maximum absolute atomic E-state index is 12.4. The van der Waals surface area contributed by atoms with E-state index < -0.39 is 11.8 Å². The van der Waals surface area contributed by atoms with Crippen molar-refractivity contribution in [2.75, 3.05) is 19.0 Å². The van der Waals surface area contributed by atoms with Gasteiger partial charge in [-0.3, -0.25) is 25.2 Å². The lowest BCUT2D eigenvalue weighted by molar-refractivity contribution is -0.123. The van der Waals surface area contributed by atoms with Gasteiger partial charge in [0, 0.05) is 16.8 Å². The zero-order valence-corrected chi connectivity index (χ0v) is 17.7. The van der Waals surface area contributed by atoms with Crippen LogP contribution in [0.5, 0.6) is 11.5 Å². The van der Waals surface area contributed by atoms with E-state index in [9.17, 15) is 14.4 Å². The third-order valence-corrected chi connectivity index (χ3v) is 4.54. The van der Waals surface area contributed by atoms with Crippen LogP contribution in [0.3, 0.4) is 0 Å². The molecule has 0 saturated carbocycles.